The Kier molecular flexibility index (Phi) is 9.78. The van der Waals surface area contributed by atoms with Crippen molar-refractivity contribution in [3.8, 4) is 5.75 Å². The lowest BCUT2D eigenvalue weighted by atomic mass is 10.1. The largest absolute Gasteiger partial charge is 0.488 e. The maximum absolute atomic E-state index is 13.0. The lowest BCUT2D eigenvalue weighted by Gasteiger charge is -2.16. The van der Waals surface area contributed by atoms with Gasteiger partial charge in [0, 0.05) is 29.1 Å². The molecule has 0 saturated heterocycles. The quantitative estimate of drug-likeness (QED) is 0.555. The van der Waals surface area contributed by atoms with Crippen LogP contribution in [0.15, 0.2) is 33.2 Å². The van der Waals surface area contributed by atoms with Crippen LogP contribution in [0.5, 0.6) is 5.75 Å². The van der Waals surface area contributed by atoms with Gasteiger partial charge in [-0.25, -0.2) is 0 Å². The number of carbonyl (C=O) groups excluding carboxylic acids is 1. The Hall–Kier alpha value is -2.12. The summed E-state index contributed by atoms with van der Waals surface area (Å²) >= 11 is 1.80. The molecule has 1 aromatic heterocycles. The van der Waals surface area contributed by atoms with Crippen LogP contribution in [0, 0.1) is 6.92 Å². The number of hydrogen-bond donors (Lipinski definition) is 2. The summed E-state index contributed by atoms with van der Waals surface area (Å²) in [6.45, 7) is 11.4. The van der Waals surface area contributed by atoms with Crippen molar-refractivity contribution in [2.75, 3.05) is 33.1 Å². The molecule has 1 unspecified atom stereocenters. The minimum absolute atomic E-state index is 0.0899. The van der Waals surface area contributed by atoms with E-state index in [1.54, 1.807) is 11.8 Å². The number of allylic oxidation sites excluding steroid dienone is 1. The van der Waals surface area contributed by atoms with Crippen molar-refractivity contribution >= 4 is 28.6 Å². The molecule has 7 heteroatoms. The normalized spacial score (nSPS) is 14.5. The molecule has 1 aliphatic rings. The third-order valence-corrected chi connectivity index (χ3v) is 6.69. The first-order chi connectivity index (χ1) is 14.9. The Bertz CT molecular complexity index is 907. The van der Waals surface area contributed by atoms with Gasteiger partial charge in [-0.15, -0.1) is 11.8 Å². The molecule has 1 atom stereocenters. The molecule has 6 nitrogen and oxygen atoms in total. The number of benzene rings is 1. The van der Waals surface area contributed by atoms with Gasteiger partial charge in [-0.2, -0.15) is 0 Å². The van der Waals surface area contributed by atoms with Crippen LogP contribution in [0.25, 0.3) is 11.0 Å². The second kappa shape index (κ2) is 12.1. The predicted molar refractivity (Wildman–Crippen MR) is 131 cm³/mol. The zero-order chi connectivity index (χ0) is 23.0. The molecular weight excluding hydrogens is 410 g/mol. The minimum Gasteiger partial charge on any atom is -0.488 e. The van der Waals surface area contributed by atoms with Gasteiger partial charge in [0.25, 0.3) is 5.91 Å². The molecule has 1 aliphatic heterocycles. The number of thioether (sulfide) groups is 1. The number of ether oxygens (including phenoxy) is 1. The topological polar surface area (TPSA) is 66.7 Å². The van der Waals surface area contributed by atoms with E-state index in [9.17, 15) is 4.79 Å². The van der Waals surface area contributed by atoms with Gasteiger partial charge >= 0.3 is 0 Å². The second-order valence-corrected chi connectivity index (χ2v) is 8.47. The zero-order valence-electron chi connectivity index (χ0n) is 19.9. The fourth-order valence-corrected chi connectivity index (χ4v) is 4.46. The number of aryl methyl sites for hydroxylation is 1. The number of nitrogens with one attached hydrogen (secondary N) is 2. The maximum Gasteiger partial charge on any atom is 0.255 e. The number of fused-ring (bicyclic) bond motifs is 1. The summed E-state index contributed by atoms with van der Waals surface area (Å²) in [5.74, 6) is 2.24. The van der Waals surface area contributed by atoms with Crippen molar-refractivity contribution in [1.29, 1.82) is 0 Å². The summed E-state index contributed by atoms with van der Waals surface area (Å²) in [4.78, 5) is 16.4. The van der Waals surface area contributed by atoms with Crippen LogP contribution in [0.2, 0.25) is 0 Å². The first-order valence-corrected chi connectivity index (χ1v) is 12.1. The van der Waals surface area contributed by atoms with Crippen molar-refractivity contribution in [3.63, 3.8) is 0 Å². The number of nitrogens with zero attached hydrogens (tertiary/aromatic N) is 1. The van der Waals surface area contributed by atoms with E-state index in [1.165, 1.54) is 10.6 Å². The van der Waals surface area contributed by atoms with Crippen molar-refractivity contribution in [2.24, 2.45) is 0 Å². The van der Waals surface area contributed by atoms with E-state index in [0.717, 1.165) is 36.4 Å². The predicted octanol–water partition coefficient (Wildman–Crippen LogP) is 5.13. The average molecular weight is 448 g/mol. The molecule has 3 rings (SSSR count). The summed E-state index contributed by atoms with van der Waals surface area (Å²) in [6, 6.07) is 5.81. The summed E-state index contributed by atoms with van der Waals surface area (Å²) in [5.41, 5.74) is 2.55. The Balaban J connectivity index is 0.00000166. The molecule has 0 spiro atoms. The highest BCUT2D eigenvalue weighted by atomic mass is 32.2. The third-order valence-electron chi connectivity index (χ3n) is 5.41. The van der Waals surface area contributed by atoms with E-state index in [2.05, 4.69) is 36.4 Å². The molecule has 172 valence electrons. The summed E-state index contributed by atoms with van der Waals surface area (Å²) in [5, 5.41) is 7.08. The van der Waals surface area contributed by atoms with Crippen molar-refractivity contribution in [3.05, 3.63) is 40.1 Å². The van der Waals surface area contributed by atoms with E-state index in [-0.39, 0.29) is 11.9 Å². The van der Waals surface area contributed by atoms with Crippen molar-refractivity contribution < 1.29 is 13.9 Å². The van der Waals surface area contributed by atoms with Crippen LogP contribution in [0.4, 0.5) is 0 Å². The van der Waals surface area contributed by atoms with E-state index in [0.29, 0.717) is 23.5 Å². The average Bonchev–Trinajstić information content (AvgIpc) is 3.28. The maximum atomic E-state index is 13.0. The van der Waals surface area contributed by atoms with Crippen molar-refractivity contribution in [1.82, 2.24) is 15.5 Å². The molecule has 1 aromatic carbocycles. The second-order valence-electron chi connectivity index (χ2n) is 7.43. The molecule has 2 heterocycles. The summed E-state index contributed by atoms with van der Waals surface area (Å²) in [7, 11) is 4.00. The van der Waals surface area contributed by atoms with Gasteiger partial charge in [0.05, 0.1) is 11.4 Å². The molecule has 0 bridgehead atoms. The Morgan fingerprint density at radius 1 is 1.32 bits per heavy atom. The molecule has 1 amide bonds. The Morgan fingerprint density at radius 2 is 2.06 bits per heavy atom. The first-order valence-electron chi connectivity index (χ1n) is 11.1. The lowest BCUT2D eigenvalue weighted by Crippen LogP contribution is -2.36. The highest BCUT2D eigenvalue weighted by molar-refractivity contribution is 8.03. The Morgan fingerprint density at radius 3 is 2.68 bits per heavy atom. The fraction of sp³-hybridized carbons (Fsp3) is 0.542. The van der Waals surface area contributed by atoms with E-state index < -0.39 is 0 Å². The van der Waals surface area contributed by atoms with Crippen LogP contribution in [-0.4, -0.2) is 50.0 Å². The van der Waals surface area contributed by atoms with E-state index in [1.807, 2.05) is 46.0 Å². The molecule has 31 heavy (non-hydrogen) atoms. The molecule has 0 radical (unpaired) electrons. The number of carbonyl (C=O) groups is 1. The van der Waals surface area contributed by atoms with Gasteiger partial charge in [-0.3, -0.25) is 4.79 Å². The highest BCUT2D eigenvalue weighted by Crippen LogP contribution is 2.32. The number of furan rings is 1. The van der Waals surface area contributed by atoms with Crippen LogP contribution in [0.1, 0.15) is 56.7 Å². The van der Waals surface area contributed by atoms with E-state index in [4.69, 9.17) is 9.15 Å². The zero-order valence-corrected chi connectivity index (χ0v) is 20.7. The minimum atomic E-state index is -0.0899. The highest BCUT2D eigenvalue weighted by Gasteiger charge is 2.21. The molecular formula is C24H37N3O3S. The first kappa shape index (κ1) is 25.1. The lowest BCUT2D eigenvalue weighted by molar-refractivity contribution is 0.0934. The standard InChI is InChI=1S/C22H31N3O3S.C2H6/c1-6-16(9-10-23-4)24-22(26)21-15(3)28-19-8-7-17(11-18(19)21)27-12-20-14(2)25(5)13-29-20;1-2/h7-8,11,16,23H,6,9-10,12-13H2,1-5H3,(H,24,26);1-2H3. The van der Waals surface area contributed by atoms with Crippen LogP contribution in [-0.2, 0) is 0 Å². The van der Waals surface area contributed by atoms with Crippen LogP contribution in [0.3, 0.4) is 0 Å². The fourth-order valence-electron chi connectivity index (χ4n) is 3.41. The number of rotatable bonds is 9. The number of hydrogen-bond acceptors (Lipinski definition) is 6. The van der Waals surface area contributed by atoms with Gasteiger partial charge < -0.3 is 24.7 Å². The van der Waals surface area contributed by atoms with Gasteiger partial charge in [0.2, 0.25) is 0 Å². The van der Waals surface area contributed by atoms with Gasteiger partial charge in [-0.1, -0.05) is 20.8 Å². The van der Waals surface area contributed by atoms with E-state index >= 15 is 0 Å². The Labute approximate surface area is 190 Å². The SMILES string of the molecule is CC.CCC(CCNC)NC(=O)c1c(C)oc2ccc(OCC3=C(C)N(C)CS3)cc12. The molecule has 2 aromatic rings. The van der Waals surface area contributed by atoms with Crippen LogP contribution >= 0.6 is 11.8 Å². The van der Waals surface area contributed by atoms with Crippen LogP contribution < -0.4 is 15.4 Å². The monoisotopic (exact) mass is 447 g/mol. The smallest absolute Gasteiger partial charge is 0.255 e. The third kappa shape index (κ3) is 6.20. The molecule has 0 fully saturated rings. The summed E-state index contributed by atoms with van der Waals surface area (Å²) in [6.07, 6.45) is 1.78. The molecule has 0 saturated carbocycles. The number of amides is 1. The van der Waals surface area contributed by atoms with Gasteiger partial charge in [0.15, 0.2) is 0 Å². The van der Waals surface area contributed by atoms with Crippen molar-refractivity contribution in [2.45, 2.75) is 53.5 Å². The molecule has 2 N–H and O–H groups in total. The van der Waals surface area contributed by atoms with Gasteiger partial charge in [0.1, 0.15) is 23.7 Å². The molecule has 0 aliphatic carbocycles. The van der Waals surface area contributed by atoms with Gasteiger partial charge in [-0.05, 0) is 58.5 Å². The summed E-state index contributed by atoms with van der Waals surface area (Å²) < 4.78 is 11.9.